The zero-order chi connectivity index (χ0) is 15.8. The summed E-state index contributed by atoms with van der Waals surface area (Å²) in [7, 11) is 1.65. The Balaban J connectivity index is 2.21. The van der Waals surface area contributed by atoms with Gasteiger partial charge in [-0.3, -0.25) is 9.48 Å². The zero-order valence-corrected chi connectivity index (χ0v) is 12.1. The molecule has 2 aromatic rings. The predicted molar refractivity (Wildman–Crippen MR) is 72.4 cm³/mol. The number of carbonyl (C=O) groups excluding carboxylic acids is 1. The van der Waals surface area contributed by atoms with Gasteiger partial charge < -0.3 is 0 Å². The summed E-state index contributed by atoms with van der Waals surface area (Å²) in [5.41, 5.74) is 0.642. The molecule has 0 atom stereocenters. The molecule has 21 heavy (non-hydrogen) atoms. The number of alkyl halides is 3. The summed E-state index contributed by atoms with van der Waals surface area (Å²) in [6, 6.07) is 4.13. The van der Waals surface area contributed by atoms with Crippen molar-refractivity contribution in [1.82, 2.24) is 9.78 Å². The molecule has 0 amide bonds. The summed E-state index contributed by atoms with van der Waals surface area (Å²) in [5.74, 6) is -0.304. The third-order valence-corrected chi connectivity index (χ3v) is 3.61. The quantitative estimate of drug-likeness (QED) is 0.807. The van der Waals surface area contributed by atoms with E-state index in [-0.39, 0.29) is 17.8 Å². The maximum Gasteiger partial charge on any atom is 0.416 e. The van der Waals surface area contributed by atoms with E-state index in [0.717, 1.165) is 12.1 Å². The maximum absolute atomic E-state index is 12.5. The van der Waals surface area contributed by atoms with Crippen molar-refractivity contribution in [3.63, 3.8) is 0 Å². The first-order valence-electron chi connectivity index (χ1n) is 6.08. The lowest BCUT2D eigenvalue weighted by Crippen LogP contribution is -2.08. The monoisotopic (exact) mass is 316 g/mol. The Morgan fingerprint density at radius 1 is 1.29 bits per heavy atom. The number of aromatic nitrogens is 2. The number of Topliss-reactive ketones (excluding diaryl/α,β-unsaturated/α-hetero) is 1. The Morgan fingerprint density at radius 2 is 1.86 bits per heavy atom. The van der Waals surface area contributed by atoms with Crippen LogP contribution in [0.15, 0.2) is 24.3 Å². The van der Waals surface area contributed by atoms with Crippen LogP contribution in [0, 0.1) is 6.92 Å². The van der Waals surface area contributed by atoms with Gasteiger partial charge in [-0.2, -0.15) is 18.3 Å². The summed E-state index contributed by atoms with van der Waals surface area (Å²) in [4.78, 5) is 12.1. The second-order valence-electron chi connectivity index (χ2n) is 4.65. The van der Waals surface area contributed by atoms with Crippen LogP contribution in [0.4, 0.5) is 13.2 Å². The van der Waals surface area contributed by atoms with Crippen molar-refractivity contribution in [3.05, 3.63) is 51.8 Å². The molecule has 7 heteroatoms. The first kappa shape index (κ1) is 15.6. The SMILES string of the molecule is Cc1nn(C)c(Cl)c1CC(=O)c1ccc(C(F)(F)F)cc1. The lowest BCUT2D eigenvalue weighted by atomic mass is 10.0. The van der Waals surface area contributed by atoms with Crippen molar-refractivity contribution in [1.29, 1.82) is 0 Å². The van der Waals surface area contributed by atoms with Crippen LogP contribution in [0.5, 0.6) is 0 Å². The Hall–Kier alpha value is -1.82. The minimum atomic E-state index is -4.41. The number of benzene rings is 1. The number of halogens is 4. The first-order chi connectivity index (χ1) is 9.70. The highest BCUT2D eigenvalue weighted by molar-refractivity contribution is 6.30. The van der Waals surface area contributed by atoms with E-state index in [1.54, 1.807) is 14.0 Å². The van der Waals surface area contributed by atoms with Crippen molar-refractivity contribution in [2.45, 2.75) is 19.5 Å². The summed E-state index contributed by atoms with van der Waals surface area (Å²) in [6.45, 7) is 1.72. The van der Waals surface area contributed by atoms with E-state index in [2.05, 4.69) is 5.10 Å². The number of nitrogens with zero attached hydrogens (tertiary/aromatic N) is 2. The molecule has 0 radical (unpaired) electrons. The molecule has 112 valence electrons. The second kappa shape index (κ2) is 5.52. The Kier molecular flexibility index (Phi) is 4.09. The molecule has 0 aliphatic rings. The highest BCUT2D eigenvalue weighted by Crippen LogP contribution is 2.29. The Bertz CT molecular complexity index is 675. The van der Waals surface area contributed by atoms with E-state index in [1.165, 1.54) is 16.8 Å². The topological polar surface area (TPSA) is 34.9 Å². The van der Waals surface area contributed by atoms with E-state index < -0.39 is 11.7 Å². The van der Waals surface area contributed by atoms with Gasteiger partial charge in [0, 0.05) is 24.6 Å². The van der Waals surface area contributed by atoms with Crippen LogP contribution in [-0.2, 0) is 19.6 Å². The number of carbonyl (C=O) groups is 1. The van der Waals surface area contributed by atoms with Crippen molar-refractivity contribution in [3.8, 4) is 0 Å². The summed E-state index contributed by atoms with van der Waals surface area (Å²) in [5, 5.41) is 4.44. The average molecular weight is 317 g/mol. The number of rotatable bonds is 3. The number of hydrogen-bond donors (Lipinski definition) is 0. The van der Waals surface area contributed by atoms with Crippen LogP contribution in [0.3, 0.4) is 0 Å². The summed E-state index contributed by atoms with van der Waals surface area (Å²) < 4.78 is 38.8. The van der Waals surface area contributed by atoms with E-state index in [9.17, 15) is 18.0 Å². The molecule has 0 spiro atoms. The fourth-order valence-electron chi connectivity index (χ4n) is 1.98. The number of hydrogen-bond acceptors (Lipinski definition) is 2. The molecule has 1 aromatic carbocycles. The van der Waals surface area contributed by atoms with Gasteiger partial charge in [-0.15, -0.1) is 0 Å². The Morgan fingerprint density at radius 3 is 2.29 bits per heavy atom. The summed E-state index contributed by atoms with van der Waals surface area (Å²) >= 11 is 6.03. The van der Waals surface area contributed by atoms with Crippen LogP contribution in [-0.4, -0.2) is 15.6 Å². The van der Waals surface area contributed by atoms with Gasteiger partial charge in [0.2, 0.25) is 0 Å². The zero-order valence-electron chi connectivity index (χ0n) is 11.3. The largest absolute Gasteiger partial charge is 0.416 e. The van der Waals surface area contributed by atoms with Gasteiger partial charge in [0.1, 0.15) is 5.15 Å². The standard InChI is InChI=1S/C14H12ClF3N2O/c1-8-11(13(15)20(2)19-8)7-12(21)9-3-5-10(6-4-9)14(16,17)18/h3-6H,7H2,1-2H3. The molecule has 0 saturated carbocycles. The van der Waals surface area contributed by atoms with Crippen LogP contribution in [0.25, 0.3) is 0 Å². The van der Waals surface area contributed by atoms with Gasteiger partial charge in [-0.1, -0.05) is 23.7 Å². The van der Waals surface area contributed by atoms with Gasteiger partial charge >= 0.3 is 6.18 Å². The Labute approximate surface area is 124 Å². The van der Waals surface area contributed by atoms with Gasteiger partial charge in [0.15, 0.2) is 5.78 Å². The summed E-state index contributed by atoms with van der Waals surface area (Å²) in [6.07, 6.45) is -4.41. The van der Waals surface area contributed by atoms with Crippen molar-refractivity contribution < 1.29 is 18.0 Å². The third-order valence-electron chi connectivity index (χ3n) is 3.14. The molecular formula is C14H12ClF3N2O. The van der Waals surface area contributed by atoms with Gasteiger partial charge in [-0.05, 0) is 19.1 Å². The van der Waals surface area contributed by atoms with E-state index in [1.807, 2.05) is 0 Å². The van der Waals surface area contributed by atoms with Crippen LogP contribution < -0.4 is 0 Å². The predicted octanol–water partition coefficient (Wildman–Crippen LogP) is 3.83. The minimum Gasteiger partial charge on any atom is -0.294 e. The molecule has 0 fully saturated rings. The highest BCUT2D eigenvalue weighted by atomic mass is 35.5. The lowest BCUT2D eigenvalue weighted by molar-refractivity contribution is -0.137. The molecule has 1 aromatic heterocycles. The van der Waals surface area contributed by atoms with Crippen molar-refractivity contribution >= 4 is 17.4 Å². The molecule has 0 unspecified atom stereocenters. The van der Waals surface area contributed by atoms with Crippen LogP contribution >= 0.6 is 11.6 Å². The highest BCUT2D eigenvalue weighted by Gasteiger charge is 2.30. The first-order valence-corrected chi connectivity index (χ1v) is 6.46. The van der Waals surface area contributed by atoms with Crippen molar-refractivity contribution in [2.24, 2.45) is 7.05 Å². The lowest BCUT2D eigenvalue weighted by Gasteiger charge is -2.07. The second-order valence-corrected chi connectivity index (χ2v) is 5.01. The molecule has 0 bridgehead atoms. The molecule has 1 heterocycles. The molecule has 0 aliphatic heterocycles. The third kappa shape index (κ3) is 3.26. The molecular weight excluding hydrogens is 305 g/mol. The number of aryl methyl sites for hydroxylation is 2. The molecule has 0 saturated heterocycles. The van der Waals surface area contributed by atoms with E-state index in [4.69, 9.17) is 11.6 Å². The van der Waals surface area contributed by atoms with E-state index in [0.29, 0.717) is 16.4 Å². The van der Waals surface area contributed by atoms with Crippen LogP contribution in [0.1, 0.15) is 27.2 Å². The maximum atomic E-state index is 12.5. The van der Waals surface area contributed by atoms with Gasteiger partial charge in [0.05, 0.1) is 11.3 Å². The van der Waals surface area contributed by atoms with Gasteiger partial charge in [-0.25, -0.2) is 0 Å². The fraction of sp³-hybridized carbons (Fsp3) is 0.286. The molecule has 0 aliphatic carbocycles. The number of ketones is 1. The normalized spacial score (nSPS) is 11.7. The fourth-order valence-corrected chi connectivity index (χ4v) is 2.22. The van der Waals surface area contributed by atoms with Crippen LogP contribution in [0.2, 0.25) is 5.15 Å². The smallest absolute Gasteiger partial charge is 0.294 e. The molecule has 3 nitrogen and oxygen atoms in total. The van der Waals surface area contributed by atoms with Crippen molar-refractivity contribution in [2.75, 3.05) is 0 Å². The minimum absolute atomic E-state index is 0.00384. The van der Waals surface area contributed by atoms with Gasteiger partial charge in [0.25, 0.3) is 0 Å². The molecule has 2 rings (SSSR count). The molecule has 0 N–H and O–H groups in total. The van der Waals surface area contributed by atoms with E-state index >= 15 is 0 Å². The average Bonchev–Trinajstić information content (AvgIpc) is 2.64.